The van der Waals surface area contributed by atoms with Gasteiger partial charge < -0.3 is 15.2 Å². The van der Waals surface area contributed by atoms with Crippen LogP contribution in [0.25, 0.3) is 0 Å². The van der Waals surface area contributed by atoms with E-state index < -0.39 is 6.10 Å². The number of aliphatic hydroxyl groups excluding tert-OH is 1. The van der Waals surface area contributed by atoms with Crippen LogP contribution in [0.15, 0.2) is 24.3 Å². The highest BCUT2D eigenvalue weighted by molar-refractivity contribution is 5.94. The third-order valence-corrected chi connectivity index (χ3v) is 2.88. The first-order valence-electron chi connectivity index (χ1n) is 7.15. The minimum absolute atomic E-state index is 0.171. The molecular formula is C16H25NO3. The molecule has 1 aromatic carbocycles. The molecule has 1 amide bonds. The Kier molecular flexibility index (Phi) is 7.26. The van der Waals surface area contributed by atoms with Gasteiger partial charge in [-0.05, 0) is 30.0 Å². The maximum absolute atomic E-state index is 11.9. The molecule has 1 unspecified atom stereocenters. The number of hydrogen-bond acceptors (Lipinski definition) is 3. The first kappa shape index (κ1) is 16.7. The van der Waals surface area contributed by atoms with Crippen LogP contribution in [-0.4, -0.2) is 36.9 Å². The van der Waals surface area contributed by atoms with Gasteiger partial charge in [-0.1, -0.05) is 32.9 Å². The van der Waals surface area contributed by atoms with Crippen LogP contribution < -0.4 is 5.32 Å². The Balaban J connectivity index is 2.31. The van der Waals surface area contributed by atoms with Gasteiger partial charge in [0.15, 0.2) is 0 Å². The third-order valence-electron chi connectivity index (χ3n) is 2.88. The number of rotatable bonds is 8. The van der Waals surface area contributed by atoms with Crippen molar-refractivity contribution in [2.75, 3.05) is 19.8 Å². The number of aliphatic hydroxyl groups is 1. The quantitative estimate of drug-likeness (QED) is 0.765. The van der Waals surface area contributed by atoms with Gasteiger partial charge in [-0.25, -0.2) is 0 Å². The largest absolute Gasteiger partial charge is 0.389 e. The molecule has 4 nitrogen and oxygen atoms in total. The van der Waals surface area contributed by atoms with Crippen molar-refractivity contribution in [2.24, 2.45) is 5.92 Å². The molecule has 112 valence electrons. The molecule has 0 heterocycles. The predicted octanol–water partition coefficient (Wildman–Crippen LogP) is 2.01. The zero-order valence-electron chi connectivity index (χ0n) is 12.6. The Morgan fingerprint density at radius 1 is 1.25 bits per heavy atom. The summed E-state index contributed by atoms with van der Waals surface area (Å²) in [6, 6.07) is 7.49. The zero-order valence-corrected chi connectivity index (χ0v) is 12.6. The molecule has 0 saturated heterocycles. The summed E-state index contributed by atoms with van der Waals surface area (Å²) in [5.74, 6) is 0.268. The number of aryl methyl sites for hydroxylation is 1. The molecule has 1 rings (SSSR count). The SMILES string of the molecule is CCc1ccc(C(=O)NCC(O)COCC(C)C)cc1. The van der Waals surface area contributed by atoms with E-state index in [9.17, 15) is 9.90 Å². The molecule has 0 aliphatic rings. The van der Waals surface area contributed by atoms with E-state index >= 15 is 0 Å². The van der Waals surface area contributed by atoms with Crippen molar-refractivity contribution < 1.29 is 14.6 Å². The number of nitrogens with one attached hydrogen (secondary N) is 1. The van der Waals surface area contributed by atoms with Crippen LogP contribution in [0.5, 0.6) is 0 Å². The normalized spacial score (nSPS) is 12.4. The molecule has 20 heavy (non-hydrogen) atoms. The van der Waals surface area contributed by atoms with Gasteiger partial charge in [-0.15, -0.1) is 0 Å². The molecule has 1 aromatic rings. The molecule has 0 bridgehead atoms. The monoisotopic (exact) mass is 279 g/mol. The lowest BCUT2D eigenvalue weighted by molar-refractivity contribution is 0.0259. The van der Waals surface area contributed by atoms with E-state index in [1.54, 1.807) is 12.1 Å². The van der Waals surface area contributed by atoms with Crippen LogP contribution in [0.1, 0.15) is 36.7 Å². The summed E-state index contributed by atoms with van der Waals surface area (Å²) in [6.45, 7) is 7.23. The summed E-state index contributed by atoms with van der Waals surface area (Å²) < 4.78 is 5.32. The zero-order chi connectivity index (χ0) is 15.0. The lowest BCUT2D eigenvalue weighted by Gasteiger charge is -2.13. The number of amides is 1. The van der Waals surface area contributed by atoms with Gasteiger partial charge in [0, 0.05) is 18.7 Å². The Labute approximate surface area is 121 Å². The molecule has 0 saturated carbocycles. The average Bonchev–Trinajstić information content (AvgIpc) is 2.44. The number of carbonyl (C=O) groups is 1. The van der Waals surface area contributed by atoms with Gasteiger partial charge in [0.2, 0.25) is 0 Å². The van der Waals surface area contributed by atoms with Gasteiger partial charge in [0.25, 0.3) is 5.91 Å². The smallest absolute Gasteiger partial charge is 0.251 e. The van der Waals surface area contributed by atoms with Crippen LogP contribution in [0, 0.1) is 5.92 Å². The van der Waals surface area contributed by atoms with E-state index in [0.29, 0.717) is 18.1 Å². The van der Waals surface area contributed by atoms with Crippen LogP contribution in [0.2, 0.25) is 0 Å². The number of carbonyl (C=O) groups excluding carboxylic acids is 1. The van der Waals surface area contributed by atoms with Crippen molar-refractivity contribution in [2.45, 2.75) is 33.3 Å². The van der Waals surface area contributed by atoms with Crippen LogP contribution >= 0.6 is 0 Å². The summed E-state index contributed by atoms with van der Waals surface area (Å²) in [5, 5.41) is 12.4. The third kappa shape index (κ3) is 6.17. The Bertz CT molecular complexity index is 401. The Morgan fingerprint density at radius 3 is 2.45 bits per heavy atom. The summed E-state index contributed by atoms with van der Waals surface area (Å²) >= 11 is 0. The number of hydrogen-bond donors (Lipinski definition) is 2. The molecule has 1 atom stereocenters. The molecule has 0 spiro atoms. The number of ether oxygens (including phenoxy) is 1. The van der Waals surface area contributed by atoms with E-state index in [0.717, 1.165) is 6.42 Å². The average molecular weight is 279 g/mol. The fourth-order valence-corrected chi connectivity index (χ4v) is 1.70. The second-order valence-electron chi connectivity index (χ2n) is 5.35. The van der Waals surface area contributed by atoms with E-state index in [-0.39, 0.29) is 19.1 Å². The van der Waals surface area contributed by atoms with Crippen LogP contribution in [0.4, 0.5) is 0 Å². The van der Waals surface area contributed by atoms with E-state index in [2.05, 4.69) is 12.2 Å². The second-order valence-corrected chi connectivity index (χ2v) is 5.35. The molecule has 0 aromatic heterocycles. The highest BCUT2D eigenvalue weighted by atomic mass is 16.5. The van der Waals surface area contributed by atoms with E-state index in [1.807, 2.05) is 26.0 Å². The maximum atomic E-state index is 11.9. The summed E-state index contributed by atoms with van der Waals surface area (Å²) in [5.41, 5.74) is 1.81. The Hall–Kier alpha value is -1.39. The predicted molar refractivity (Wildman–Crippen MR) is 79.8 cm³/mol. The van der Waals surface area contributed by atoms with Crippen molar-refractivity contribution >= 4 is 5.91 Å². The highest BCUT2D eigenvalue weighted by Gasteiger charge is 2.09. The van der Waals surface area contributed by atoms with E-state index in [4.69, 9.17) is 4.74 Å². The second kappa shape index (κ2) is 8.72. The van der Waals surface area contributed by atoms with Gasteiger partial charge >= 0.3 is 0 Å². The fourth-order valence-electron chi connectivity index (χ4n) is 1.70. The maximum Gasteiger partial charge on any atom is 0.251 e. The minimum Gasteiger partial charge on any atom is -0.389 e. The summed E-state index contributed by atoms with van der Waals surface area (Å²) in [7, 11) is 0. The van der Waals surface area contributed by atoms with Gasteiger partial charge in [0.1, 0.15) is 0 Å². The van der Waals surface area contributed by atoms with Crippen molar-refractivity contribution in [3.63, 3.8) is 0 Å². The van der Waals surface area contributed by atoms with Gasteiger partial charge in [-0.2, -0.15) is 0 Å². The molecule has 0 aliphatic carbocycles. The molecule has 0 radical (unpaired) electrons. The minimum atomic E-state index is -0.674. The van der Waals surface area contributed by atoms with Crippen molar-refractivity contribution in [3.05, 3.63) is 35.4 Å². The number of benzene rings is 1. The fraction of sp³-hybridized carbons (Fsp3) is 0.562. The first-order valence-corrected chi connectivity index (χ1v) is 7.15. The standard InChI is InChI=1S/C16H25NO3/c1-4-13-5-7-14(8-6-13)16(19)17-9-15(18)11-20-10-12(2)3/h5-8,12,15,18H,4,9-11H2,1-3H3,(H,17,19). The first-order chi connectivity index (χ1) is 9.52. The van der Waals surface area contributed by atoms with E-state index in [1.165, 1.54) is 5.56 Å². The lowest BCUT2D eigenvalue weighted by atomic mass is 10.1. The van der Waals surface area contributed by atoms with Gasteiger partial charge in [0.05, 0.1) is 12.7 Å². The summed E-state index contributed by atoms with van der Waals surface area (Å²) in [6.07, 6.45) is 0.279. The summed E-state index contributed by atoms with van der Waals surface area (Å²) in [4.78, 5) is 11.9. The van der Waals surface area contributed by atoms with Crippen LogP contribution in [-0.2, 0) is 11.2 Å². The lowest BCUT2D eigenvalue weighted by Crippen LogP contribution is -2.34. The molecule has 2 N–H and O–H groups in total. The van der Waals surface area contributed by atoms with Crippen molar-refractivity contribution in [3.8, 4) is 0 Å². The molecule has 0 aliphatic heterocycles. The van der Waals surface area contributed by atoms with Crippen molar-refractivity contribution in [1.82, 2.24) is 5.32 Å². The van der Waals surface area contributed by atoms with Gasteiger partial charge in [-0.3, -0.25) is 4.79 Å². The molecular weight excluding hydrogens is 254 g/mol. The highest BCUT2D eigenvalue weighted by Crippen LogP contribution is 2.05. The topological polar surface area (TPSA) is 58.6 Å². The Morgan fingerprint density at radius 2 is 1.90 bits per heavy atom. The molecule has 4 heteroatoms. The van der Waals surface area contributed by atoms with Crippen molar-refractivity contribution in [1.29, 1.82) is 0 Å². The molecule has 0 fully saturated rings. The van der Waals surface area contributed by atoms with Crippen LogP contribution in [0.3, 0.4) is 0 Å².